The monoisotopic (exact) mass is 445 g/mol. The molecule has 3 aromatic carbocycles. The van der Waals surface area contributed by atoms with Crippen LogP contribution in [-0.2, 0) is 0 Å². The van der Waals surface area contributed by atoms with Gasteiger partial charge in [0.1, 0.15) is 12.1 Å². The average molecular weight is 446 g/mol. The Hall–Kier alpha value is -4.12. The number of rotatable bonds is 4. The standard InChI is InChI=1S/C29H27N5/c1-22-12-14-25(15-13-22)34-20-26(23-8-4-2-5-9-23)27-28(30-21-31-29(27)34)33-18-16-32(17-19-33)24-10-6-3-7-11-24/h2-15,20-21H,16-19H2,1H3. The van der Waals surface area contributed by atoms with Crippen molar-refractivity contribution < 1.29 is 0 Å². The third-order valence-corrected chi connectivity index (χ3v) is 6.66. The van der Waals surface area contributed by atoms with Crippen molar-refractivity contribution in [2.45, 2.75) is 6.92 Å². The molecule has 168 valence electrons. The van der Waals surface area contributed by atoms with Gasteiger partial charge in [0.25, 0.3) is 0 Å². The number of hydrogen-bond acceptors (Lipinski definition) is 4. The van der Waals surface area contributed by atoms with Crippen LogP contribution in [0.3, 0.4) is 0 Å². The maximum Gasteiger partial charge on any atom is 0.150 e. The number of hydrogen-bond donors (Lipinski definition) is 0. The molecule has 1 aliphatic heterocycles. The third kappa shape index (κ3) is 3.69. The van der Waals surface area contributed by atoms with Crippen LogP contribution in [0.25, 0.3) is 27.8 Å². The molecule has 1 fully saturated rings. The van der Waals surface area contributed by atoms with Crippen molar-refractivity contribution in [2.24, 2.45) is 0 Å². The Morgan fingerprint density at radius 3 is 2.00 bits per heavy atom. The summed E-state index contributed by atoms with van der Waals surface area (Å²) in [6.45, 7) is 5.89. The second-order valence-electron chi connectivity index (χ2n) is 8.82. The normalized spacial score (nSPS) is 14.0. The Morgan fingerprint density at radius 1 is 0.647 bits per heavy atom. The minimum Gasteiger partial charge on any atom is -0.368 e. The largest absolute Gasteiger partial charge is 0.368 e. The molecule has 34 heavy (non-hydrogen) atoms. The van der Waals surface area contributed by atoms with Crippen molar-refractivity contribution in [1.82, 2.24) is 14.5 Å². The van der Waals surface area contributed by atoms with Gasteiger partial charge in [-0.3, -0.25) is 0 Å². The molecule has 0 amide bonds. The Kier molecular flexibility index (Phi) is 5.22. The topological polar surface area (TPSA) is 37.2 Å². The van der Waals surface area contributed by atoms with Crippen LogP contribution in [0.15, 0.2) is 97.5 Å². The smallest absolute Gasteiger partial charge is 0.150 e. The number of fused-ring (bicyclic) bond motifs is 1. The molecule has 3 heterocycles. The van der Waals surface area contributed by atoms with Crippen molar-refractivity contribution in [3.8, 4) is 16.8 Å². The van der Waals surface area contributed by atoms with E-state index in [0.29, 0.717) is 0 Å². The lowest BCUT2D eigenvalue weighted by molar-refractivity contribution is 0.649. The first-order valence-corrected chi connectivity index (χ1v) is 11.8. The number of aromatic nitrogens is 3. The zero-order chi connectivity index (χ0) is 22.9. The fourth-order valence-corrected chi connectivity index (χ4v) is 4.84. The molecular formula is C29H27N5. The van der Waals surface area contributed by atoms with Gasteiger partial charge in [0.05, 0.1) is 5.39 Å². The maximum absolute atomic E-state index is 4.82. The summed E-state index contributed by atoms with van der Waals surface area (Å²) in [6, 6.07) is 29.8. The minimum absolute atomic E-state index is 0.922. The molecule has 0 atom stereocenters. The number of piperazine rings is 1. The molecule has 6 rings (SSSR count). The molecule has 0 spiro atoms. The molecule has 1 aliphatic rings. The van der Waals surface area contributed by atoms with Crippen molar-refractivity contribution in [1.29, 1.82) is 0 Å². The van der Waals surface area contributed by atoms with Crippen LogP contribution < -0.4 is 9.80 Å². The Balaban J connectivity index is 1.43. The van der Waals surface area contributed by atoms with Crippen LogP contribution in [0.5, 0.6) is 0 Å². The predicted octanol–water partition coefficient (Wildman–Crippen LogP) is 5.72. The summed E-state index contributed by atoms with van der Waals surface area (Å²) in [5.41, 5.74) is 6.92. The fourth-order valence-electron chi connectivity index (χ4n) is 4.84. The van der Waals surface area contributed by atoms with Crippen molar-refractivity contribution in [2.75, 3.05) is 36.0 Å². The van der Waals surface area contributed by atoms with Gasteiger partial charge in [-0.25, -0.2) is 9.97 Å². The lowest BCUT2D eigenvalue weighted by atomic mass is 10.1. The molecule has 0 unspecified atom stereocenters. The quantitative estimate of drug-likeness (QED) is 0.354. The first kappa shape index (κ1) is 20.5. The van der Waals surface area contributed by atoms with Crippen LogP contribution in [0, 0.1) is 6.92 Å². The molecule has 2 aromatic heterocycles. The molecule has 5 heteroatoms. The summed E-state index contributed by atoms with van der Waals surface area (Å²) in [5, 5.41) is 1.11. The highest BCUT2D eigenvalue weighted by Crippen LogP contribution is 2.37. The molecular weight excluding hydrogens is 418 g/mol. The van der Waals surface area contributed by atoms with Gasteiger partial charge >= 0.3 is 0 Å². The van der Waals surface area contributed by atoms with Crippen LogP contribution in [0.1, 0.15) is 5.56 Å². The van der Waals surface area contributed by atoms with Gasteiger partial charge in [0.2, 0.25) is 0 Å². The van der Waals surface area contributed by atoms with E-state index in [1.54, 1.807) is 6.33 Å². The van der Waals surface area contributed by atoms with Gasteiger partial charge in [-0.05, 0) is 36.8 Å². The van der Waals surface area contributed by atoms with E-state index in [1.165, 1.54) is 16.8 Å². The molecule has 1 saturated heterocycles. The van der Waals surface area contributed by atoms with Crippen molar-refractivity contribution >= 4 is 22.5 Å². The highest BCUT2D eigenvalue weighted by molar-refractivity contribution is 6.02. The number of aryl methyl sites for hydroxylation is 1. The minimum atomic E-state index is 0.922. The van der Waals surface area contributed by atoms with Gasteiger partial charge in [0, 0.05) is 49.3 Å². The van der Waals surface area contributed by atoms with E-state index in [0.717, 1.165) is 54.3 Å². The van der Waals surface area contributed by atoms with Gasteiger partial charge < -0.3 is 14.4 Å². The van der Waals surface area contributed by atoms with E-state index >= 15 is 0 Å². The predicted molar refractivity (Wildman–Crippen MR) is 140 cm³/mol. The lowest BCUT2D eigenvalue weighted by Gasteiger charge is -2.37. The van der Waals surface area contributed by atoms with E-state index in [-0.39, 0.29) is 0 Å². The number of benzene rings is 3. The lowest BCUT2D eigenvalue weighted by Crippen LogP contribution is -2.46. The average Bonchev–Trinajstić information content (AvgIpc) is 3.30. The molecule has 0 aliphatic carbocycles. The molecule has 5 nitrogen and oxygen atoms in total. The molecule has 0 N–H and O–H groups in total. The summed E-state index contributed by atoms with van der Waals surface area (Å²) < 4.78 is 2.20. The Labute approximate surface area is 199 Å². The first-order chi connectivity index (χ1) is 16.8. The van der Waals surface area contributed by atoms with E-state index in [4.69, 9.17) is 9.97 Å². The molecule has 5 aromatic rings. The van der Waals surface area contributed by atoms with Gasteiger partial charge in [0.15, 0.2) is 5.65 Å². The van der Waals surface area contributed by atoms with Gasteiger partial charge in [-0.15, -0.1) is 0 Å². The van der Waals surface area contributed by atoms with Gasteiger partial charge in [-0.2, -0.15) is 0 Å². The van der Waals surface area contributed by atoms with Gasteiger partial charge in [-0.1, -0.05) is 66.2 Å². The molecule has 0 saturated carbocycles. The number of nitrogens with zero attached hydrogens (tertiary/aromatic N) is 5. The van der Waals surface area contributed by atoms with E-state index in [1.807, 2.05) is 0 Å². The van der Waals surface area contributed by atoms with E-state index < -0.39 is 0 Å². The summed E-state index contributed by atoms with van der Waals surface area (Å²) in [5.74, 6) is 1.02. The second-order valence-corrected chi connectivity index (χ2v) is 8.82. The van der Waals surface area contributed by atoms with E-state index in [9.17, 15) is 0 Å². The summed E-state index contributed by atoms with van der Waals surface area (Å²) in [4.78, 5) is 14.4. The highest BCUT2D eigenvalue weighted by Gasteiger charge is 2.24. The molecule has 0 bridgehead atoms. The SMILES string of the molecule is Cc1ccc(-n2cc(-c3ccccc3)c3c(N4CCN(c5ccccc5)CC4)ncnc32)cc1. The van der Waals surface area contributed by atoms with Crippen LogP contribution in [0.4, 0.5) is 11.5 Å². The molecule has 0 radical (unpaired) electrons. The number of para-hydroxylation sites is 1. The second kappa shape index (κ2) is 8.67. The highest BCUT2D eigenvalue weighted by atomic mass is 15.3. The zero-order valence-electron chi connectivity index (χ0n) is 19.3. The first-order valence-electron chi connectivity index (χ1n) is 11.8. The maximum atomic E-state index is 4.82. The summed E-state index contributed by atoms with van der Waals surface area (Å²) >= 11 is 0. The Morgan fingerprint density at radius 2 is 1.29 bits per heavy atom. The fraction of sp³-hybridized carbons (Fsp3) is 0.172. The van der Waals surface area contributed by atoms with Crippen LogP contribution in [0.2, 0.25) is 0 Å². The summed E-state index contributed by atoms with van der Waals surface area (Å²) in [6.07, 6.45) is 3.92. The van der Waals surface area contributed by atoms with E-state index in [2.05, 4.69) is 112 Å². The van der Waals surface area contributed by atoms with Crippen molar-refractivity contribution in [3.63, 3.8) is 0 Å². The Bertz CT molecular complexity index is 1400. The summed E-state index contributed by atoms with van der Waals surface area (Å²) in [7, 11) is 0. The zero-order valence-corrected chi connectivity index (χ0v) is 19.3. The van der Waals surface area contributed by atoms with Crippen LogP contribution >= 0.6 is 0 Å². The van der Waals surface area contributed by atoms with Crippen LogP contribution in [-0.4, -0.2) is 40.7 Å². The third-order valence-electron chi connectivity index (χ3n) is 6.66. The number of anilines is 2. The van der Waals surface area contributed by atoms with Crippen molar-refractivity contribution in [3.05, 3.63) is 103 Å².